The topological polar surface area (TPSA) is 27.7 Å². The Hall–Kier alpha value is -1.14. The lowest BCUT2D eigenvalue weighted by Crippen LogP contribution is -2.41. The van der Waals surface area contributed by atoms with Crippen LogP contribution >= 0.6 is 0 Å². The Kier molecular flexibility index (Phi) is 3.82. The Balaban J connectivity index is 2.32. The predicted octanol–water partition coefficient (Wildman–Crippen LogP) is 2.66. The molecule has 0 N–H and O–H groups in total. The number of hydrogen-bond donors (Lipinski definition) is 0. The Bertz CT molecular complexity index is 478. The summed E-state index contributed by atoms with van der Waals surface area (Å²) in [7, 11) is -0.792. The third-order valence-corrected chi connectivity index (χ3v) is 3.83. The predicted molar refractivity (Wildman–Crippen MR) is 73.2 cm³/mol. The minimum Gasteiger partial charge on any atom is -0.488 e. The van der Waals surface area contributed by atoms with E-state index in [4.69, 9.17) is 14.0 Å². The van der Waals surface area contributed by atoms with Gasteiger partial charge < -0.3 is 14.0 Å². The van der Waals surface area contributed by atoms with Crippen LogP contribution in [0.1, 0.15) is 34.6 Å². The van der Waals surface area contributed by atoms with Gasteiger partial charge in [-0.05, 0) is 52.2 Å². The first-order valence-corrected chi connectivity index (χ1v) is 6.65. The van der Waals surface area contributed by atoms with E-state index < -0.39 is 30.0 Å². The first-order valence-electron chi connectivity index (χ1n) is 6.65. The summed E-state index contributed by atoms with van der Waals surface area (Å²) in [5, 5.41) is 0. The third kappa shape index (κ3) is 2.54. The molecule has 0 bridgehead atoms. The fraction of sp³-hybridized carbons (Fsp3) is 0.571. The van der Waals surface area contributed by atoms with Crippen molar-refractivity contribution in [3.63, 3.8) is 0 Å². The number of ether oxygens (including phenoxy) is 1. The zero-order chi connectivity index (χ0) is 15.1. The molecular formula is C14H19BF2O3. The molecule has 20 heavy (non-hydrogen) atoms. The average Bonchev–Trinajstić information content (AvgIpc) is 2.53. The third-order valence-electron chi connectivity index (χ3n) is 3.83. The van der Waals surface area contributed by atoms with Crippen molar-refractivity contribution in [1.82, 2.24) is 0 Å². The highest BCUT2D eigenvalue weighted by Crippen LogP contribution is 2.36. The summed E-state index contributed by atoms with van der Waals surface area (Å²) >= 11 is 0. The molecule has 1 heterocycles. The first-order chi connectivity index (χ1) is 9.18. The molecule has 0 unspecified atom stereocenters. The van der Waals surface area contributed by atoms with Gasteiger partial charge in [0, 0.05) is 0 Å². The first kappa shape index (κ1) is 15.3. The molecule has 1 aromatic carbocycles. The van der Waals surface area contributed by atoms with Gasteiger partial charge in [0.2, 0.25) is 0 Å². The maximum Gasteiger partial charge on any atom is 0.495 e. The Morgan fingerprint density at radius 1 is 1.05 bits per heavy atom. The molecule has 1 aliphatic heterocycles. The van der Waals surface area contributed by atoms with Crippen molar-refractivity contribution < 1.29 is 22.8 Å². The maximum atomic E-state index is 13.9. The van der Waals surface area contributed by atoms with E-state index in [2.05, 4.69) is 0 Å². The maximum absolute atomic E-state index is 13.9. The summed E-state index contributed by atoms with van der Waals surface area (Å²) in [5.41, 5.74) is -0.797. The summed E-state index contributed by atoms with van der Waals surface area (Å²) in [5.74, 6) is -1.87. The van der Waals surface area contributed by atoms with Crippen LogP contribution < -0.4 is 10.2 Å². The van der Waals surface area contributed by atoms with E-state index in [1.165, 1.54) is 12.1 Å². The van der Waals surface area contributed by atoms with E-state index >= 15 is 0 Å². The fourth-order valence-corrected chi connectivity index (χ4v) is 1.98. The highest BCUT2D eigenvalue weighted by Gasteiger charge is 2.52. The van der Waals surface area contributed by atoms with Crippen LogP contribution in [0.25, 0.3) is 0 Å². The lowest BCUT2D eigenvalue weighted by atomic mass is 9.79. The van der Waals surface area contributed by atoms with Crippen molar-refractivity contribution in [2.24, 2.45) is 0 Å². The van der Waals surface area contributed by atoms with Crippen LogP contribution in [0.4, 0.5) is 8.78 Å². The molecule has 1 aliphatic rings. The van der Waals surface area contributed by atoms with Gasteiger partial charge >= 0.3 is 7.12 Å². The van der Waals surface area contributed by atoms with Gasteiger partial charge in [0.1, 0.15) is 0 Å². The minimum absolute atomic E-state index is 0.198. The molecule has 2 rings (SSSR count). The quantitative estimate of drug-likeness (QED) is 0.799. The van der Waals surface area contributed by atoms with Gasteiger partial charge in [0.15, 0.2) is 17.4 Å². The largest absolute Gasteiger partial charge is 0.495 e. The van der Waals surface area contributed by atoms with Crippen LogP contribution in [0.5, 0.6) is 5.75 Å². The van der Waals surface area contributed by atoms with E-state index in [1.807, 2.05) is 27.7 Å². The van der Waals surface area contributed by atoms with Gasteiger partial charge in [-0.2, -0.15) is 0 Å². The van der Waals surface area contributed by atoms with Crippen LogP contribution in [-0.2, 0) is 9.31 Å². The monoisotopic (exact) mass is 284 g/mol. The van der Waals surface area contributed by atoms with Crippen LogP contribution in [-0.4, -0.2) is 24.9 Å². The second-order valence-electron chi connectivity index (χ2n) is 5.83. The van der Waals surface area contributed by atoms with Gasteiger partial charge in [0.05, 0.1) is 17.8 Å². The molecule has 0 amide bonds. The van der Waals surface area contributed by atoms with Crippen LogP contribution in [0.3, 0.4) is 0 Å². The van der Waals surface area contributed by atoms with Crippen molar-refractivity contribution >= 4 is 12.6 Å². The number of benzene rings is 1. The van der Waals surface area contributed by atoms with Crippen LogP contribution in [0.2, 0.25) is 0 Å². The normalized spacial score (nSPS) is 20.2. The molecule has 0 saturated carbocycles. The van der Waals surface area contributed by atoms with E-state index in [0.29, 0.717) is 5.46 Å². The number of halogens is 2. The zero-order valence-corrected chi connectivity index (χ0v) is 12.4. The zero-order valence-electron chi connectivity index (χ0n) is 12.4. The standard InChI is InChI=1S/C14H19BF2O3/c1-6-18-12-10(16)7-9(8-11(12)17)15-19-13(2,3)14(4,5)20-15/h7-8H,6H2,1-5H3. The molecule has 1 aromatic rings. The van der Waals surface area contributed by atoms with Crippen molar-refractivity contribution in [1.29, 1.82) is 0 Å². The minimum atomic E-state index is -0.792. The summed E-state index contributed by atoms with van der Waals surface area (Å²) in [6.45, 7) is 9.40. The number of rotatable bonds is 3. The molecule has 6 heteroatoms. The summed E-state index contributed by atoms with van der Waals surface area (Å²) in [6.07, 6.45) is 0. The van der Waals surface area contributed by atoms with Gasteiger partial charge in [-0.3, -0.25) is 0 Å². The highest BCUT2D eigenvalue weighted by molar-refractivity contribution is 6.62. The molecule has 1 fully saturated rings. The second kappa shape index (κ2) is 5.00. The lowest BCUT2D eigenvalue weighted by molar-refractivity contribution is 0.00578. The van der Waals surface area contributed by atoms with Gasteiger partial charge in [-0.1, -0.05) is 0 Å². The molecule has 110 valence electrons. The van der Waals surface area contributed by atoms with Gasteiger partial charge in [0.25, 0.3) is 0 Å². The van der Waals surface area contributed by atoms with Crippen molar-refractivity contribution in [3.05, 3.63) is 23.8 Å². The molecule has 0 radical (unpaired) electrons. The van der Waals surface area contributed by atoms with E-state index in [9.17, 15) is 8.78 Å². The molecule has 1 saturated heterocycles. The molecule has 0 aliphatic carbocycles. The lowest BCUT2D eigenvalue weighted by Gasteiger charge is -2.32. The molecular weight excluding hydrogens is 265 g/mol. The SMILES string of the molecule is CCOc1c(F)cc(B2OC(C)(C)C(C)(C)O2)cc1F. The Morgan fingerprint density at radius 3 is 1.90 bits per heavy atom. The molecule has 0 spiro atoms. The van der Waals surface area contributed by atoms with Crippen LogP contribution in [0.15, 0.2) is 12.1 Å². The summed E-state index contributed by atoms with van der Waals surface area (Å²) < 4.78 is 44.2. The summed E-state index contributed by atoms with van der Waals surface area (Å²) in [6, 6.07) is 2.38. The van der Waals surface area contributed by atoms with E-state index in [-0.39, 0.29) is 12.4 Å². The summed E-state index contributed by atoms with van der Waals surface area (Å²) in [4.78, 5) is 0. The van der Waals surface area contributed by atoms with Crippen molar-refractivity contribution in [2.45, 2.75) is 45.8 Å². The Morgan fingerprint density at radius 2 is 1.50 bits per heavy atom. The van der Waals surface area contributed by atoms with Gasteiger partial charge in [-0.15, -0.1) is 0 Å². The van der Waals surface area contributed by atoms with Crippen LogP contribution in [0, 0.1) is 11.6 Å². The molecule has 0 aromatic heterocycles. The molecule has 3 nitrogen and oxygen atoms in total. The number of hydrogen-bond acceptors (Lipinski definition) is 3. The smallest absolute Gasteiger partial charge is 0.488 e. The second-order valence-corrected chi connectivity index (χ2v) is 5.83. The molecule has 0 atom stereocenters. The van der Waals surface area contributed by atoms with Crippen molar-refractivity contribution in [2.75, 3.05) is 6.61 Å². The highest BCUT2D eigenvalue weighted by atomic mass is 19.1. The average molecular weight is 284 g/mol. The van der Waals surface area contributed by atoms with Gasteiger partial charge in [-0.25, -0.2) is 8.78 Å². The fourth-order valence-electron chi connectivity index (χ4n) is 1.98. The van der Waals surface area contributed by atoms with E-state index in [0.717, 1.165) is 0 Å². The Labute approximate surface area is 118 Å². The van der Waals surface area contributed by atoms with E-state index in [1.54, 1.807) is 6.92 Å². The van der Waals surface area contributed by atoms with Crippen molar-refractivity contribution in [3.8, 4) is 5.75 Å².